The summed E-state index contributed by atoms with van der Waals surface area (Å²) in [5, 5.41) is 3.02. The van der Waals surface area contributed by atoms with E-state index in [4.69, 9.17) is 0 Å². The van der Waals surface area contributed by atoms with Gasteiger partial charge in [-0.25, -0.2) is 9.97 Å². The van der Waals surface area contributed by atoms with Crippen molar-refractivity contribution in [2.24, 2.45) is 0 Å². The maximum atomic E-state index is 12.6. The number of nitrogens with zero attached hydrogens (tertiary/aromatic N) is 3. The van der Waals surface area contributed by atoms with Gasteiger partial charge in [-0.05, 0) is 38.2 Å². The number of rotatable bonds is 6. The van der Waals surface area contributed by atoms with Gasteiger partial charge in [-0.3, -0.25) is 4.79 Å². The van der Waals surface area contributed by atoms with Gasteiger partial charge in [0.15, 0.2) is 0 Å². The van der Waals surface area contributed by atoms with Gasteiger partial charge in [0.05, 0.1) is 12.5 Å². The van der Waals surface area contributed by atoms with Gasteiger partial charge in [0, 0.05) is 24.8 Å². The molecule has 5 heteroatoms. The molecule has 26 heavy (non-hydrogen) atoms. The van der Waals surface area contributed by atoms with Gasteiger partial charge in [-0.2, -0.15) is 0 Å². The molecule has 1 atom stereocenters. The molecule has 3 rings (SSSR count). The van der Waals surface area contributed by atoms with Crippen LogP contribution >= 0.6 is 0 Å². The first-order valence-corrected chi connectivity index (χ1v) is 9.59. The summed E-state index contributed by atoms with van der Waals surface area (Å²) in [6.45, 7) is 6.49. The Bertz CT molecular complexity index is 726. The van der Waals surface area contributed by atoms with E-state index in [1.165, 1.54) is 19.3 Å². The summed E-state index contributed by atoms with van der Waals surface area (Å²) in [7, 11) is 0. The number of nitrogens with one attached hydrogen (secondary N) is 1. The van der Waals surface area contributed by atoms with Gasteiger partial charge in [-0.1, -0.05) is 37.3 Å². The van der Waals surface area contributed by atoms with Gasteiger partial charge in [-0.15, -0.1) is 0 Å². The Morgan fingerprint density at radius 1 is 1.15 bits per heavy atom. The minimum Gasteiger partial charge on any atom is -0.357 e. The minimum absolute atomic E-state index is 0.0309. The Morgan fingerprint density at radius 2 is 1.88 bits per heavy atom. The second-order valence-corrected chi connectivity index (χ2v) is 6.92. The van der Waals surface area contributed by atoms with Crippen molar-refractivity contribution in [3.05, 3.63) is 53.5 Å². The van der Waals surface area contributed by atoms with Crippen molar-refractivity contribution in [3.8, 4) is 0 Å². The first kappa shape index (κ1) is 18.4. The van der Waals surface area contributed by atoms with E-state index in [0.717, 1.165) is 36.6 Å². The lowest BCUT2D eigenvalue weighted by atomic mass is 9.96. The van der Waals surface area contributed by atoms with Crippen LogP contribution in [0.4, 0.5) is 5.82 Å². The Kier molecular flexibility index (Phi) is 6.21. The molecule has 1 aromatic carbocycles. The van der Waals surface area contributed by atoms with E-state index >= 15 is 0 Å². The molecule has 1 unspecified atom stereocenters. The SMILES string of the molecule is CCC(C(=O)NCc1nc(C)cc(N2CCCCC2)n1)c1ccccc1. The summed E-state index contributed by atoms with van der Waals surface area (Å²) in [6.07, 6.45) is 4.49. The molecule has 0 bridgehead atoms. The third-order valence-corrected chi connectivity index (χ3v) is 4.91. The molecule has 1 fully saturated rings. The molecule has 5 nitrogen and oxygen atoms in total. The summed E-state index contributed by atoms with van der Waals surface area (Å²) in [5.41, 5.74) is 1.99. The third kappa shape index (κ3) is 4.59. The van der Waals surface area contributed by atoms with Crippen molar-refractivity contribution in [1.29, 1.82) is 0 Å². The van der Waals surface area contributed by atoms with E-state index in [0.29, 0.717) is 12.4 Å². The molecule has 1 saturated heterocycles. The van der Waals surface area contributed by atoms with Gasteiger partial charge < -0.3 is 10.2 Å². The summed E-state index contributed by atoms with van der Waals surface area (Å²) in [6, 6.07) is 12.0. The van der Waals surface area contributed by atoms with Crippen molar-refractivity contribution in [2.75, 3.05) is 18.0 Å². The van der Waals surface area contributed by atoms with Gasteiger partial charge in [0.1, 0.15) is 11.6 Å². The topological polar surface area (TPSA) is 58.1 Å². The second-order valence-electron chi connectivity index (χ2n) is 6.92. The summed E-state index contributed by atoms with van der Waals surface area (Å²) >= 11 is 0. The van der Waals surface area contributed by atoms with E-state index < -0.39 is 0 Å². The van der Waals surface area contributed by atoms with Crippen LogP contribution in [-0.2, 0) is 11.3 Å². The van der Waals surface area contributed by atoms with E-state index in [9.17, 15) is 4.79 Å². The largest absolute Gasteiger partial charge is 0.357 e. The van der Waals surface area contributed by atoms with Crippen LogP contribution in [0.3, 0.4) is 0 Å². The van der Waals surface area contributed by atoms with Crippen LogP contribution in [-0.4, -0.2) is 29.0 Å². The number of amides is 1. The highest BCUT2D eigenvalue weighted by atomic mass is 16.1. The summed E-state index contributed by atoms with van der Waals surface area (Å²) < 4.78 is 0. The lowest BCUT2D eigenvalue weighted by Gasteiger charge is -2.28. The van der Waals surface area contributed by atoms with Crippen molar-refractivity contribution >= 4 is 11.7 Å². The predicted molar refractivity (Wildman–Crippen MR) is 104 cm³/mol. The zero-order valence-corrected chi connectivity index (χ0v) is 15.7. The molecule has 2 heterocycles. The average molecular weight is 352 g/mol. The predicted octanol–water partition coefficient (Wildman–Crippen LogP) is 3.59. The lowest BCUT2D eigenvalue weighted by Crippen LogP contribution is -2.32. The average Bonchev–Trinajstić information content (AvgIpc) is 2.68. The molecule has 0 saturated carbocycles. The monoisotopic (exact) mass is 352 g/mol. The Morgan fingerprint density at radius 3 is 2.58 bits per heavy atom. The van der Waals surface area contributed by atoms with Crippen LogP contribution < -0.4 is 10.2 Å². The molecule has 2 aromatic rings. The van der Waals surface area contributed by atoms with Crippen LogP contribution in [0, 0.1) is 6.92 Å². The van der Waals surface area contributed by atoms with Crippen LogP contribution in [0.5, 0.6) is 0 Å². The summed E-state index contributed by atoms with van der Waals surface area (Å²) in [5.74, 6) is 1.56. The number of aromatic nitrogens is 2. The first-order valence-electron chi connectivity index (χ1n) is 9.59. The fraction of sp³-hybridized carbons (Fsp3) is 0.476. The van der Waals surface area contributed by atoms with Gasteiger partial charge >= 0.3 is 0 Å². The molecule has 0 spiro atoms. The molecule has 1 N–H and O–H groups in total. The molecule has 1 aliphatic rings. The van der Waals surface area contributed by atoms with Crippen molar-refractivity contribution in [2.45, 2.75) is 52.0 Å². The Labute approximate surface area is 155 Å². The number of carbonyl (C=O) groups is 1. The van der Waals surface area contributed by atoms with Crippen LogP contribution in [0.15, 0.2) is 36.4 Å². The number of benzene rings is 1. The molecule has 0 radical (unpaired) electrons. The molecule has 1 amide bonds. The highest BCUT2D eigenvalue weighted by molar-refractivity contribution is 5.83. The highest BCUT2D eigenvalue weighted by Crippen LogP contribution is 2.20. The van der Waals surface area contributed by atoms with Crippen molar-refractivity contribution < 1.29 is 4.79 Å². The second kappa shape index (κ2) is 8.79. The van der Waals surface area contributed by atoms with E-state index in [2.05, 4.69) is 20.2 Å². The molecular weight excluding hydrogens is 324 g/mol. The van der Waals surface area contributed by atoms with E-state index in [1.54, 1.807) is 0 Å². The number of aryl methyl sites for hydroxylation is 1. The third-order valence-electron chi connectivity index (χ3n) is 4.91. The summed E-state index contributed by atoms with van der Waals surface area (Å²) in [4.78, 5) is 24.2. The van der Waals surface area contributed by atoms with E-state index in [-0.39, 0.29) is 11.8 Å². The molecule has 1 aromatic heterocycles. The normalized spacial score (nSPS) is 15.5. The fourth-order valence-electron chi connectivity index (χ4n) is 3.52. The van der Waals surface area contributed by atoms with Gasteiger partial charge in [0.25, 0.3) is 0 Å². The first-order chi connectivity index (χ1) is 12.7. The van der Waals surface area contributed by atoms with Crippen molar-refractivity contribution in [3.63, 3.8) is 0 Å². The molecule has 0 aliphatic carbocycles. The number of anilines is 1. The van der Waals surface area contributed by atoms with Crippen LogP contribution in [0.1, 0.15) is 55.6 Å². The Balaban J connectivity index is 1.66. The highest BCUT2D eigenvalue weighted by Gasteiger charge is 2.19. The standard InChI is InChI=1S/C21H28N4O/c1-3-18(17-10-6-4-7-11-17)21(26)22-15-19-23-16(2)14-20(24-19)25-12-8-5-9-13-25/h4,6-7,10-11,14,18H,3,5,8-9,12-13,15H2,1-2H3,(H,22,26). The minimum atomic E-state index is -0.137. The van der Waals surface area contributed by atoms with Crippen LogP contribution in [0.25, 0.3) is 0 Å². The smallest absolute Gasteiger partial charge is 0.227 e. The quantitative estimate of drug-likeness (QED) is 0.863. The molecule has 138 valence electrons. The number of hydrogen-bond donors (Lipinski definition) is 1. The number of carbonyl (C=O) groups excluding carboxylic acids is 1. The lowest BCUT2D eigenvalue weighted by molar-refractivity contribution is -0.122. The maximum Gasteiger partial charge on any atom is 0.227 e. The molecular formula is C21H28N4O. The Hall–Kier alpha value is -2.43. The number of hydrogen-bond acceptors (Lipinski definition) is 4. The van der Waals surface area contributed by atoms with Gasteiger partial charge in [0.2, 0.25) is 5.91 Å². The van der Waals surface area contributed by atoms with Crippen molar-refractivity contribution in [1.82, 2.24) is 15.3 Å². The molecule has 1 aliphatic heterocycles. The fourth-order valence-corrected chi connectivity index (χ4v) is 3.52. The zero-order valence-electron chi connectivity index (χ0n) is 15.7. The number of piperidine rings is 1. The maximum absolute atomic E-state index is 12.6. The zero-order chi connectivity index (χ0) is 18.4. The van der Waals surface area contributed by atoms with E-state index in [1.807, 2.05) is 50.2 Å². The van der Waals surface area contributed by atoms with Crippen LogP contribution in [0.2, 0.25) is 0 Å².